The minimum absolute atomic E-state index is 0.140. The van der Waals surface area contributed by atoms with E-state index in [1.165, 1.54) is 18.8 Å². The van der Waals surface area contributed by atoms with E-state index >= 15 is 0 Å². The van der Waals surface area contributed by atoms with E-state index in [2.05, 4.69) is 4.98 Å². The summed E-state index contributed by atoms with van der Waals surface area (Å²) in [6, 6.07) is 0. The molecule has 1 aromatic heterocycles. The van der Waals surface area contributed by atoms with E-state index in [0.717, 1.165) is 0 Å². The Labute approximate surface area is 176 Å². The van der Waals surface area contributed by atoms with Gasteiger partial charge in [0.05, 0.1) is 19.3 Å². The third-order valence-corrected chi connectivity index (χ3v) is 6.13. The van der Waals surface area contributed by atoms with Crippen molar-refractivity contribution in [3.63, 3.8) is 0 Å². The molecule has 30 heavy (non-hydrogen) atoms. The minimum atomic E-state index is -3.85. The standard InChI is InChI=1S/C18H32N3O8P/c1-11(2)9-13-14(29-30(23,25-5)26-6)15(27-8-7-24-4)17(28-13)21-10-12(3)16(19)20-18(21)22/h10-11,13-15,17H,7-9H2,1-6H3,(H2,19,20,22). The molecule has 0 aliphatic carbocycles. The minimum Gasteiger partial charge on any atom is -0.383 e. The van der Waals surface area contributed by atoms with Crippen LogP contribution in [0, 0.1) is 12.8 Å². The van der Waals surface area contributed by atoms with Gasteiger partial charge in [-0.05, 0) is 19.3 Å². The number of nitrogens with two attached hydrogens (primary N) is 1. The van der Waals surface area contributed by atoms with Gasteiger partial charge in [0.15, 0.2) is 6.23 Å². The number of ether oxygens (including phenoxy) is 3. The molecule has 0 bridgehead atoms. The van der Waals surface area contributed by atoms with Crippen molar-refractivity contribution < 1.29 is 32.3 Å². The van der Waals surface area contributed by atoms with E-state index in [9.17, 15) is 9.36 Å². The Morgan fingerprint density at radius 3 is 2.47 bits per heavy atom. The van der Waals surface area contributed by atoms with Gasteiger partial charge in [-0.25, -0.2) is 9.36 Å². The van der Waals surface area contributed by atoms with Gasteiger partial charge in [0.1, 0.15) is 18.0 Å². The summed E-state index contributed by atoms with van der Waals surface area (Å²) < 4.78 is 46.9. The van der Waals surface area contributed by atoms with Gasteiger partial charge in [-0.2, -0.15) is 4.98 Å². The fourth-order valence-electron chi connectivity index (χ4n) is 3.23. The van der Waals surface area contributed by atoms with Crippen LogP contribution in [0.4, 0.5) is 5.82 Å². The molecule has 0 saturated carbocycles. The van der Waals surface area contributed by atoms with Gasteiger partial charge >= 0.3 is 13.5 Å². The summed E-state index contributed by atoms with van der Waals surface area (Å²) in [7, 11) is 0.155. The molecular weight excluding hydrogens is 417 g/mol. The summed E-state index contributed by atoms with van der Waals surface area (Å²) in [5.74, 6) is 0.368. The van der Waals surface area contributed by atoms with Crippen LogP contribution in [-0.4, -0.2) is 62.4 Å². The van der Waals surface area contributed by atoms with Gasteiger partial charge in [0, 0.05) is 33.1 Å². The van der Waals surface area contributed by atoms with Gasteiger partial charge in [0.25, 0.3) is 0 Å². The number of aryl methyl sites for hydroxylation is 1. The van der Waals surface area contributed by atoms with E-state index in [0.29, 0.717) is 18.6 Å². The van der Waals surface area contributed by atoms with Gasteiger partial charge in [0.2, 0.25) is 0 Å². The van der Waals surface area contributed by atoms with Crippen LogP contribution in [0.5, 0.6) is 0 Å². The van der Waals surface area contributed by atoms with Gasteiger partial charge < -0.3 is 19.9 Å². The monoisotopic (exact) mass is 449 g/mol. The van der Waals surface area contributed by atoms with Gasteiger partial charge in [-0.15, -0.1) is 0 Å². The molecule has 2 N–H and O–H groups in total. The summed E-state index contributed by atoms with van der Waals surface area (Å²) in [6.45, 7) is 6.28. The molecule has 1 aromatic rings. The highest BCUT2D eigenvalue weighted by molar-refractivity contribution is 7.48. The highest BCUT2D eigenvalue weighted by Gasteiger charge is 2.51. The zero-order valence-corrected chi connectivity index (χ0v) is 19.2. The Morgan fingerprint density at radius 2 is 1.90 bits per heavy atom. The van der Waals surface area contributed by atoms with Crippen LogP contribution >= 0.6 is 7.82 Å². The maximum absolute atomic E-state index is 12.7. The lowest BCUT2D eigenvalue weighted by atomic mass is 10.0. The number of hydrogen-bond acceptors (Lipinski definition) is 10. The average molecular weight is 449 g/mol. The maximum Gasteiger partial charge on any atom is 0.474 e. The molecule has 0 spiro atoms. The fraction of sp³-hybridized carbons (Fsp3) is 0.778. The van der Waals surface area contributed by atoms with E-state index < -0.39 is 38.1 Å². The van der Waals surface area contributed by atoms with Gasteiger partial charge in [-0.1, -0.05) is 13.8 Å². The first-order valence-corrected chi connectivity index (χ1v) is 11.1. The lowest BCUT2D eigenvalue weighted by Gasteiger charge is -2.27. The topological polar surface area (TPSA) is 133 Å². The molecule has 0 radical (unpaired) electrons. The Morgan fingerprint density at radius 1 is 1.23 bits per heavy atom. The van der Waals surface area contributed by atoms with Crippen molar-refractivity contribution in [3.05, 3.63) is 22.2 Å². The van der Waals surface area contributed by atoms with Crippen LogP contribution in [0.1, 0.15) is 32.1 Å². The molecule has 2 heterocycles. The Hall–Kier alpha value is -1.33. The van der Waals surface area contributed by atoms with Crippen LogP contribution < -0.4 is 11.4 Å². The molecule has 2 rings (SSSR count). The number of nitrogens with zero attached hydrogens (tertiary/aromatic N) is 2. The van der Waals surface area contributed by atoms with Gasteiger partial charge in [-0.3, -0.25) is 18.1 Å². The Kier molecular flexibility index (Phi) is 8.98. The zero-order chi connectivity index (χ0) is 22.5. The van der Waals surface area contributed by atoms with E-state index in [1.54, 1.807) is 20.2 Å². The van der Waals surface area contributed by atoms with Crippen LogP contribution in [0.2, 0.25) is 0 Å². The second-order valence-corrected chi connectivity index (χ2v) is 9.24. The number of anilines is 1. The summed E-state index contributed by atoms with van der Waals surface area (Å²) in [5, 5.41) is 0. The summed E-state index contributed by atoms with van der Waals surface area (Å²) >= 11 is 0. The molecular formula is C18H32N3O8P. The summed E-state index contributed by atoms with van der Waals surface area (Å²) in [4.78, 5) is 16.4. The first-order valence-electron chi connectivity index (χ1n) is 9.67. The number of phosphoric ester groups is 1. The maximum atomic E-state index is 12.7. The molecule has 0 amide bonds. The number of nitrogen functional groups attached to an aromatic ring is 1. The second kappa shape index (κ2) is 10.8. The van der Waals surface area contributed by atoms with Crippen molar-refractivity contribution in [1.29, 1.82) is 0 Å². The fourth-order valence-corrected chi connectivity index (χ4v) is 4.10. The Balaban J connectivity index is 2.47. The van der Waals surface area contributed by atoms with Crippen LogP contribution in [0.15, 0.2) is 11.0 Å². The molecule has 11 nitrogen and oxygen atoms in total. The molecule has 4 atom stereocenters. The molecule has 1 saturated heterocycles. The SMILES string of the molecule is COCCOC1C(OP(=O)(OC)OC)C(CC(C)C)OC1n1cc(C)c(N)nc1=O. The largest absolute Gasteiger partial charge is 0.474 e. The molecule has 4 unspecified atom stereocenters. The number of hydrogen-bond donors (Lipinski definition) is 1. The lowest BCUT2D eigenvalue weighted by molar-refractivity contribution is -0.0801. The number of phosphoric acid groups is 1. The van der Waals surface area contributed by atoms with Crippen molar-refractivity contribution in [1.82, 2.24) is 9.55 Å². The summed E-state index contributed by atoms with van der Waals surface area (Å²) in [6.07, 6.45) is -0.921. The first kappa shape index (κ1) is 24.9. The molecule has 1 fully saturated rings. The third kappa shape index (κ3) is 5.88. The van der Waals surface area contributed by atoms with E-state index in [-0.39, 0.29) is 18.3 Å². The highest BCUT2D eigenvalue weighted by Crippen LogP contribution is 2.52. The predicted molar refractivity (Wildman–Crippen MR) is 109 cm³/mol. The van der Waals surface area contributed by atoms with Crippen molar-refractivity contribution >= 4 is 13.6 Å². The molecule has 12 heteroatoms. The zero-order valence-electron chi connectivity index (χ0n) is 18.3. The van der Waals surface area contributed by atoms with E-state index in [4.69, 9.17) is 33.5 Å². The van der Waals surface area contributed by atoms with Crippen LogP contribution in [0.3, 0.4) is 0 Å². The van der Waals surface area contributed by atoms with E-state index in [1.807, 2.05) is 13.8 Å². The van der Waals surface area contributed by atoms with Crippen molar-refractivity contribution in [3.8, 4) is 0 Å². The molecule has 172 valence electrons. The first-order chi connectivity index (χ1) is 14.2. The van der Waals surface area contributed by atoms with Crippen molar-refractivity contribution in [2.45, 2.75) is 51.7 Å². The van der Waals surface area contributed by atoms with Crippen LogP contribution in [0.25, 0.3) is 0 Å². The normalized spacial score (nSPS) is 24.6. The predicted octanol–water partition coefficient (Wildman–Crippen LogP) is 1.90. The second-order valence-electron chi connectivity index (χ2n) is 7.40. The quantitative estimate of drug-likeness (QED) is 0.394. The lowest BCUT2D eigenvalue weighted by Crippen LogP contribution is -2.40. The molecule has 0 aromatic carbocycles. The number of methoxy groups -OCH3 is 1. The Bertz CT molecular complexity index is 794. The molecule has 1 aliphatic heterocycles. The van der Waals surface area contributed by atoms with Crippen LogP contribution in [-0.2, 0) is 32.3 Å². The molecule has 1 aliphatic rings. The van der Waals surface area contributed by atoms with Crippen molar-refractivity contribution in [2.75, 3.05) is 40.3 Å². The number of rotatable bonds is 11. The highest BCUT2D eigenvalue weighted by atomic mass is 31.2. The average Bonchev–Trinajstić information content (AvgIpc) is 3.01. The number of aromatic nitrogens is 2. The van der Waals surface area contributed by atoms with Crippen molar-refractivity contribution in [2.24, 2.45) is 5.92 Å². The summed E-state index contributed by atoms with van der Waals surface area (Å²) in [5.41, 5.74) is 5.77. The smallest absolute Gasteiger partial charge is 0.383 e. The third-order valence-electron chi connectivity index (χ3n) is 4.73.